The topological polar surface area (TPSA) is 108 Å². The Labute approximate surface area is 92.3 Å². The molecule has 0 unspecified atom stereocenters. The fraction of sp³-hybridized carbons (Fsp3) is 0.556. The van der Waals surface area contributed by atoms with Crippen LogP contribution in [0.1, 0.15) is 10.4 Å². The molecule has 0 aliphatic rings. The van der Waals surface area contributed by atoms with E-state index >= 15 is 0 Å². The highest BCUT2D eigenvalue weighted by molar-refractivity contribution is 5.94. The van der Waals surface area contributed by atoms with Gasteiger partial charge in [0.2, 0.25) is 0 Å². The lowest BCUT2D eigenvalue weighted by molar-refractivity contribution is 0.0375. The average Bonchev–Trinajstić information content (AvgIpc) is 2.73. The summed E-state index contributed by atoms with van der Waals surface area (Å²) in [7, 11) is 1.66. The van der Waals surface area contributed by atoms with Gasteiger partial charge in [0.1, 0.15) is 5.54 Å². The summed E-state index contributed by atoms with van der Waals surface area (Å²) >= 11 is 0. The lowest BCUT2D eigenvalue weighted by atomic mass is 10.0. The third-order valence-electron chi connectivity index (χ3n) is 2.25. The minimum absolute atomic E-state index is 0.294. The smallest absolute Gasteiger partial charge is 0.255 e. The quantitative estimate of drug-likeness (QED) is 0.461. The van der Waals surface area contributed by atoms with E-state index < -0.39 is 31.3 Å². The highest BCUT2D eigenvalue weighted by atomic mass is 16.3. The summed E-state index contributed by atoms with van der Waals surface area (Å²) in [4.78, 5) is 11.7. The maximum Gasteiger partial charge on any atom is 0.255 e. The number of hydrogen-bond acceptors (Lipinski definition) is 5. The van der Waals surface area contributed by atoms with E-state index in [1.54, 1.807) is 7.05 Å². The van der Waals surface area contributed by atoms with E-state index in [9.17, 15) is 4.79 Å². The van der Waals surface area contributed by atoms with Gasteiger partial charge in [-0.2, -0.15) is 5.10 Å². The number of rotatable bonds is 5. The number of aromatic nitrogens is 2. The van der Waals surface area contributed by atoms with E-state index in [-0.39, 0.29) is 0 Å². The van der Waals surface area contributed by atoms with Crippen LogP contribution in [-0.4, -0.2) is 56.4 Å². The highest BCUT2D eigenvalue weighted by Gasteiger charge is 2.30. The third-order valence-corrected chi connectivity index (χ3v) is 2.25. The Morgan fingerprint density at radius 1 is 1.44 bits per heavy atom. The molecule has 1 aromatic heterocycles. The van der Waals surface area contributed by atoms with Crippen LogP contribution in [0.4, 0.5) is 0 Å². The predicted octanol–water partition coefficient (Wildman–Crippen LogP) is -2.13. The van der Waals surface area contributed by atoms with Gasteiger partial charge in [0.15, 0.2) is 0 Å². The molecule has 0 aliphatic heterocycles. The van der Waals surface area contributed by atoms with E-state index in [1.165, 1.54) is 17.1 Å². The van der Waals surface area contributed by atoms with Crippen molar-refractivity contribution in [1.29, 1.82) is 0 Å². The van der Waals surface area contributed by atoms with Gasteiger partial charge >= 0.3 is 0 Å². The molecule has 90 valence electrons. The molecule has 0 fully saturated rings. The second-order valence-electron chi connectivity index (χ2n) is 3.61. The SMILES string of the molecule is Cn1cc(C(=O)NC(CO)(CO)CO)cn1. The number of carbonyl (C=O) groups is 1. The first kappa shape index (κ1) is 12.6. The number of carbonyl (C=O) groups excluding carboxylic acids is 1. The first-order valence-corrected chi connectivity index (χ1v) is 4.70. The van der Waals surface area contributed by atoms with Crippen molar-refractivity contribution in [3.63, 3.8) is 0 Å². The zero-order valence-corrected chi connectivity index (χ0v) is 8.92. The molecule has 0 saturated carbocycles. The summed E-state index contributed by atoms with van der Waals surface area (Å²) in [6.45, 7) is -1.65. The first-order chi connectivity index (χ1) is 7.56. The molecule has 0 saturated heterocycles. The molecule has 7 heteroatoms. The van der Waals surface area contributed by atoms with Gasteiger partial charge < -0.3 is 20.6 Å². The van der Waals surface area contributed by atoms with Gasteiger partial charge in [-0.25, -0.2) is 0 Å². The molecule has 4 N–H and O–H groups in total. The molecule has 0 atom stereocenters. The van der Waals surface area contributed by atoms with Crippen LogP contribution in [-0.2, 0) is 7.05 Å². The van der Waals surface area contributed by atoms with E-state index in [0.717, 1.165) is 0 Å². The van der Waals surface area contributed by atoms with Gasteiger partial charge in [-0.3, -0.25) is 9.48 Å². The van der Waals surface area contributed by atoms with Gasteiger partial charge in [0, 0.05) is 13.2 Å². The molecule has 0 bridgehead atoms. The predicted molar refractivity (Wildman–Crippen MR) is 54.7 cm³/mol. The monoisotopic (exact) mass is 229 g/mol. The second kappa shape index (κ2) is 5.06. The molecule has 1 rings (SSSR count). The van der Waals surface area contributed by atoms with Crippen LogP contribution in [0.25, 0.3) is 0 Å². The number of aliphatic hydroxyl groups excluding tert-OH is 3. The summed E-state index contributed by atoms with van der Waals surface area (Å²) in [5.41, 5.74) is -1.12. The zero-order valence-electron chi connectivity index (χ0n) is 8.92. The summed E-state index contributed by atoms with van der Waals surface area (Å²) < 4.78 is 1.45. The normalized spacial score (nSPS) is 11.5. The summed E-state index contributed by atoms with van der Waals surface area (Å²) in [6, 6.07) is 0. The van der Waals surface area contributed by atoms with Crippen LogP contribution in [0.5, 0.6) is 0 Å². The van der Waals surface area contributed by atoms with Crippen LogP contribution in [0.2, 0.25) is 0 Å². The molecule has 7 nitrogen and oxygen atoms in total. The molecule has 1 heterocycles. The van der Waals surface area contributed by atoms with Crippen molar-refractivity contribution >= 4 is 5.91 Å². The maximum atomic E-state index is 11.7. The van der Waals surface area contributed by atoms with Crippen molar-refractivity contribution in [2.24, 2.45) is 7.05 Å². The third kappa shape index (κ3) is 2.57. The van der Waals surface area contributed by atoms with E-state index in [4.69, 9.17) is 15.3 Å². The minimum Gasteiger partial charge on any atom is -0.394 e. The lowest BCUT2D eigenvalue weighted by Gasteiger charge is -2.28. The Morgan fingerprint density at radius 3 is 2.38 bits per heavy atom. The molecule has 0 aromatic carbocycles. The molecule has 0 spiro atoms. The van der Waals surface area contributed by atoms with Crippen LogP contribution < -0.4 is 5.32 Å². The number of nitrogens with zero attached hydrogens (tertiary/aromatic N) is 2. The summed E-state index contributed by atoms with van der Waals surface area (Å²) in [6.07, 6.45) is 2.85. The lowest BCUT2D eigenvalue weighted by Crippen LogP contribution is -2.57. The van der Waals surface area contributed by atoms with Crippen LogP contribution >= 0.6 is 0 Å². The maximum absolute atomic E-state index is 11.7. The van der Waals surface area contributed by atoms with Crippen molar-refractivity contribution in [3.05, 3.63) is 18.0 Å². The van der Waals surface area contributed by atoms with Gasteiger partial charge in [-0.1, -0.05) is 0 Å². The zero-order chi connectivity index (χ0) is 12.2. The van der Waals surface area contributed by atoms with Gasteiger partial charge in [0.25, 0.3) is 5.91 Å². The van der Waals surface area contributed by atoms with Gasteiger partial charge in [-0.15, -0.1) is 0 Å². The average molecular weight is 229 g/mol. The largest absolute Gasteiger partial charge is 0.394 e. The Hall–Kier alpha value is -1.44. The second-order valence-corrected chi connectivity index (χ2v) is 3.61. The molecular weight excluding hydrogens is 214 g/mol. The van der Waals surface area contributed by atoms with E-state index in [2.05, 4.69) is 10.4 Å². The fourth-order valence-corrected chi connectivity index (χ4v) is 1.12. The Kier molecular flexibility index (Phi) is 3.99. The molecule has 0 radical (unpaired) electrons. The van der Waals surface area contributed by atoms with Gasteiger partial charge in [0.05, 0.1) is 31.6 Å². The summed E-state index contributed by atoms with van der Waals surface area (Å²) in [5.74, 6) is -0.509. The Balaban J connectivity index is 2.76. The van der Waals surface area contributed by atoms with Crippen molar-refractivity contribution < 1.29 is 20.1 Å². The van der Waals surface area contributed by atoms with Crippen molar-refractivity contribution in [2.45, 2.75) is 5.54 Å². The molecular formula is C9H15N3O4. The number of aliphatic hydroxyl groups is 3. The van der Waals surface area contributed by atoms with Crippen LogP contribution in [0.3, 0.4) is 0 Å². The Bertz CT molecular complexity index is 351. The summed E-state index contributed by atoms with van der Waals surface area (Å²) in [5, 5.41) is 33.2. The van der Waals surface area contributed by atoms with Crippen molar-refractivity contribution in [3.8, 4) is 0 Å². The van der Waals surface area contributed by atoms with Gasteiger partial charge in [-0.05, 0) is 0 Å². The number of aryl methyl sites for hydroxylation is 1. The van der Waals surface area contributed by atoms with Crippen LogP contribution in [0, 0.1) is 0 Å². The van der Waals surface area contributed by atoms with Crippen LogP contribution in [0.15, 0.2) is 12.4 Å². The molecule has 1 aromatic rings. The van der Waals surface area contributed by atoms with Crippen molar-refractivity contribution in [1.82, 2.24) is 15.1 Å². The number of hydrogen-bond donors (Lipinski definition) is 4. The molecule has 16 heavy (non-hydrogen) atoms. The Morgan fingerprint density at radius 2 is 2.00 bits per heavy atom. The number of nitrogens with one attached hydrogen (secondary N) is 1. The highest BCUT2D eigenvalue weighted by Crippen LogP contribution is 2.05. The minimum atomic E-state index is -1.41. The van der Waals surface area contributed by atoms with Crippen molar-refractivity contribution in [2.75, 3.05) is 19.8 Å². The molecule has 1 amide bonds. The van der Waals surface area contributed by atoms with E-state index in [0.29, 0.717) is 5.56 Å². The fourth-order valence-electron chi connectivity index (χ4n) is 1.12. The van der Waals surface area contributed by atoms with E-state index in [1.807, 2.05) is 0 Å². The first-order valence-electron chi connectivity index (χ1n) is 4.70. The molecule has 0 aliphatic carbocycles. The standard InChI is InChI=1S/C9H15N3O4/c1-12-3-7(2-10-12)8(16)11-9(4-13,5-14)6-15/h2-3,13-15H,4-6H2,1H3,(H,11,16). The number of amides is 1.